The molecule has 10 nitrogen and oxygen atoms in total. The van der Waals surface area contributed by atoms with Gasteiger partial charge in [-0.05, 0) is 48.0 Å². The Morgan fingerprint density at radius 3 is 2.66 bits per heavy atom. The normalized spacial score (nSPS) is 10.6. The van der Waals surface area contributed by atoms with Crippen molar-refractivity contribution in [2.75, 3.05) is 37.5 Å². The lowest BCUT2D eigenvalue weighted by Gasteiger charge is -2.16. The number of halogens is 2. The number of rotatable bonds is 13. The average molecular weight is 580 g/mol. The highest BCUT2D eigenvalue weighted by molar-refractivity contribution is 6.32. The molecule has 0 fully saturated rings. The highest BCUT2D eigenvalue weighted by Crippen LogP contribution is 2.35. The number of aromatic nitrogens is 2. The number of nitrogens with zero attached hydrogens (tertiary/aromatic N) is 2. The molecule has 4 aromatic rings. The lowest BCUT2D eigenvalue weighted by molar-refractivity contribution is -0.121. The molecule has 0 aliphatic rings. The van der Waals surface area contributed by atoms with Crippen molar-refractivity contribution in [1.29, 1.82) is 0 Å². The number of nitrogens with one attached hydrogen (secondary N) is 3. The minimum absolute atomic E-state index is 0.154. The second-order valence-electron chi connectivity index (χ2n) is 8.59. The number of carbonyl (C=O) groups excluding carboxylic acids is 2. The summed E-state index contributed by atoms with van der Waals surface area (Å²) in [6.45, 7) is 3.83. The summed E-state index contributed by atoms with van der Waals surface area (Å²) < 4.78 is 30.1. The van der Waals surface area contributed by atoms with Crippen molar-refractivity contribution >= 4 is 51.5 Å². The van der Waals surface area contributed by atoms with Crippen LogP contribution in [0.3, 0.4) is 0 Å². The summed E-state index contributed by atoms with van der Waals surface area (Å²) in [7, 11) is 1.55. The van der Waals surface area contributed by atoms with Crippen molar-refractivity contribution in [2.45, 2.75) is 6.61 Å². The molecular formula is C29H27ClFN5O5. The van der Waals surface area contributed by atoms with E-state index in [1.54, 1.807) is 49.6 Å². The quantitative estimate of drug-likeness (QED) is 0.149. The maximum absolute atomic E-state index is 13.4. The fourth-order valence-corrected chi connectivity index (χ4v) is 3.92. The van der Waals surface area contributed by atoms with Crippen molar-refractivity contribution < 1.29 is 28.2 Å². The maximum Gasteiger partial charge on any atom is 0.243 e. The topological polar surface area (TPSA) is 124 Å². The molecule has 12 heteroatoms. The number of carbonyl (C=O) groups is 2. The number of anilines is 3. The molecule has 0 unspecified atom stereocenters. The Labute approximate surface area is 240 Å². The van der Waals surface area contributed by atoms with Gasteiger partial charge in [-0.25, -0.2) is 14.4 Å². The molecule has 1 heterocycles. The molecule has 0 atom stereocenters. The third-order valence-corrected chi connectivity index (χ3v) is 5.94. The number of hydrogen-bond donors (Lipinski definition) is 3. The van der Waals surface area contributed by atoms with Crippen LogP contribution in [0.15, 0.2) is 73.6 Å². The molecule has 41 heavy (non-hydrogen) atoms. The number of fused-ring (bicyclic) bond motifs is 1. The van der Waals surface area contributed by atoms with Crippen LogP contribution in [-0.2, 0) is 20.9 Å². The summed E-state index contributed by atoms with van der Waals surface area (Å²) in [5.41, 5.74) is 2.19. The number of ether oxygens (including phenoxy) is 3. The van der Waals surface area contributed by atoms with Crippen LogP contribution >= 0.6 is 11.6 Å². The predicted octanol–water partition coefficient (Wildman–Crippen LogP) is 5.01. The Balaban J connectivity index is 1.56. The van der Waals surface area contributed by atoms with Gasteiger partial charge < -0.3 is 30.2 Å². The lowest BCUT2D eigenvalue weighted by atomic mass is 10.1. The van der Waals surface area contributed by atoms with E-state index in [1.165, 1.54) is 18.5 Å². The third-order valence-electron chi connectivity index (χ3n) is 5.64. The van der Waals surface area contributed by atoms with Crippen molar-refractivity contribution in [3.63, 3.8) is 0 Å². The standard InChI is InChI=1S/C29H27ClFN5O5/c1-3-27(37)32-15-28(38)36-24-13-21-23(14-26(24)40-10-9-39-2)33-17-34-29(21)35-20-7-8-25(22(30)12-20)41-16-18-5-4-6-19(31)11-18/h3-8,11-14,17H,1,9-10,15-16H2,2H3,(H,32,37)(H,36,38)(H,33,34,35). The summed E-state index contributed by atoms with van der Waals surface area (Å²) in [6.07, 6.45) is 2.47. The molecular weight excluding hydrogens is 553 g/mol. The Hall–Kier alpha value is -4.74. The molecule has 0 saturated carbocycles. The van der Waals surface area contributed by atoms with Crippen LogP contribution in [-0.4, -0.2) is 48.7 Å². The van der Waals surface area contributed by atoms with E-state index in [0.29, 0.717) is 56.8 Å². The summed E-state index contributed by atoms with van der Waals surface area (Å²) in [6, 6.07) is 14.6. The summed E-state index contributed by atoms with van der Waals surface area (Å²) in [4.78, 5) is 32.7. The van der Waals surface area contributed by atoms with Gasteiger partial charge >= 0.3 is 0 Å². The summed E-state index contributed by atoms with van der Waals surface area (Å²) in [5.74, 6) is -0.0452. The molecule has 0 radical (unpaired) electrons. The zero-order valence-corrected chi connectivity index (χ0v) is 22.8. The van der Waals surface area contributed by atoms with Crippen LogP contribution in [0.5, 0.6) is 11.5 Å². The molecule has 3 N–H and O–H groups in total. The van der Waals surface area contributed by atoms with Crippen LogP contribution in [0.2, 0.25) is 5.02 Å². The van der Waals surface area contributed by atoms with Gasteiger partial charge in [-0.1, -0.05) is 30.3 Å². The van der Waals surface area contributed by atoms with Gasteiger partial charge in [-0.2, -0.15) is 0 Å². The second kappa shape index (κ2) is 14.1. The van der Waals surface area contributed by atoms with Gasteiger partial charge in [0, 0.05) is 24.2 Å². The van der Waals surface area contributed by atoms with Crippen molar-refractivity contribution in [3.8, 4) is 11.5 Å². The molecule has 0 spiro atoms. The van der Waals surface area contributed by atoms with E-state index < -0.39 is 11.8 Å². The molecule has 1 aromatic heterocycles. The van der Waals surface area contributed by atoms with E-state index in [2.05, 4.69) is 32.5 Å². The largest absolute Gasteiger partial charge is 0.489 e. The van der Waals surface area contributed by atoms with E-state index in [1.807, 2.05) is 0 Å². The van der Waals surface area contributed by atoms with E-state index in [0.717, 1.165) is 6.08 Å². The first kappa shape index (κ1) is 29.2. The predicted molar refractivity (Wildman–Crippen MR) is 154 cm³/mol. The van der Waals surface area contributed by atoms with Gasteiger partial charge in [0.2, 0.25) is 11.8 Å². The fourth-order valence-electron chi connectivity index (χ4n) is 3.69. The highest BCUT2D eigenvalue weighted by atomic mass is 35.5. The lowest BCUT2D eigenvalue weighted by Crippen LogP contribution is -2.31. The molecule has 0 aliphatic carbocycles. The summed E-state index contributed by atoms with van der Waals surface area (Å²) in [5, 5.41) is 9.32. The van der Waals surface area contributed by atoms with Gasteiger partial charge in [-0.15, -0.1) is 0 Å². The molecule has 4 rings (SSSR count). The molecule has 212 valence electrons. The molecule has 3 aromatic carbocycles. The Kier molecular flexibility index (Phi) is 10.0. The van der Waals surface area contributed by atoms with Crippen LogP contribution < -0.4 is 25.4 Å². The third kappa shape index (κ3) is 8.13. The SMILES string of the molecule is C=CC(=O)NCC(=O)Nc1cc2c(Nc3ccc(OCc4cccc(F)c4)c(Cl)c3)ncnc2cc1OCCOC. The molecule has 0 bridgehead atoms. The molecule has 0 saturated heterocycles. The first-order valence-electron chi connectivity index (χ1n) is 12.4. The molecule has 0 aliphatic heterocycles. The highest BCUT2D eigenvalue weighted by Gasteiger charge is 2.15. The number of methoxy groups -OCH3 is 1. The Morgan fingerprint density at radius 2 is 1.90 bits per heavy atom. The number of benzene rings is 3. The Morgan fingerprint density at radius 1 is 1.05 bits per heavy atom. The van der Waals surface area contributed by atoms with Gasteiger partial charge in [0.15, 0.2) is 0 Å². The van der Waals surface area contributed by atoms with Crippen molar-refractivity contribution in [3.05, 3.63) is 90.0 Å². The van der Waals surface area contributed by atoms with Crippen LogP contribution in [0.25, 0.3) is 10.9 Å². The second-order valence-corrected chi connectivity index (χ2v) is 9.00. The monoisotopic (exact) mass is 579 g/mol. The van der Waals surface area contributed by atoms with Crippen molar-refractivity contribution in [2.24, 2.45) is 0 Å². The van der Waals surface area contributed by atoms with Gasteiger partial charge in [-0.3, -0.25) is 9.59 Å². The smallest absolute Gasteiger partial charge is 0.243 e. The van der Waals surface area contributed by atoms with Crippen molar-refractivity contribution in [1.82, 2.24) is 15.3 Å². The van der Waals surface area contributed by atoms with E-state index in [4.69, 9.17) is 25.8 Å². The first-order valence-corrected chi connectivity index (χ1v) is 12.8. The first-order chi connectivity index (χ1) is 19.9. The van der Waals surface area contributed by atoms with Crippen LogP contribution in [0, 0.1) is 5.82 Å². The molecule has 2 amide bonds. The average Bonchev–Trinajstić information content (AvgIpc) is 2.96. The zero-order chi connectivity index (χ0) is 29.2. The van der Waals surface area contributed by atoms with Crippen LogP contribution in [0.4, 0.5) is 21.6 Å². The van der Waals surface area contributed by atoms with Gasteiger partial charge in [0.1, 0.15) is 42.7 Å². The minimum atomic E-state index is -0.473. The van der Waals surface area contributed by atoms with Gasteiger partial charge in [0.25, 0.3) is 0 Å². The number of amides is 2. The Bertz CT molecular complexity index is 1570. The van der Waals surface area contributed by atoms with Crippen LogP contribution in [0.1, 0.15) is 5.56 Å². The maximum atomic E-state index is 13.4. The fraction of sp³-hybridized carbons (Fsp3) is 0.172. The van der Waals surface area contributed by atoms with Gasteiger partial charge in [0.05, 0.1) is 29.4 Å². The van der Waals surface area contributed by atoms with E-state index >= 15 is 0 Å². The number of hydrogen-bond acceptors (Lipinski definition) is 8. The zero-order valence-electron chi connectivity index (χ0n) is 22.1. The van der Waals surface area contributed by atoms with E-state index in [-0.39, 0.29) is 25.6 Å². The minimum Gasteiger partial charge on any atom is -0.489 e. The van der Waals surface area contributed by atoms with E-state index in [9.17, 15) is 14.0 Å². The summed E-state index contributed by atoms with van der Waals surface area (Å²) >= 11 is 6.46.